The molecule has 0 radical (unpaired) electrons. The molecule has 118 valence electrons. The van der Waals surface area contributed by atoms with Crippen molar-refractivity contribution in [2.24, 2.45) is 5.92 Å². The van der Waals surface area contributed by atoms with E-state index in [1.165, 1.54) is 24.4 Å². The average molecular weight is 312 g/mol. The van der Waals surface area contributed by atoms with Gasteiger partial charge in [-0.1, -0.05) is 0 Å². The summed E-state index contributed by atoms with van der Waals surface area (Å²) >= 11 is 1.40. The van der Waals surface area contributed by atoms with Crippen LogP contribution in [0.25, 0.3) is 0 Å². The topological polar surface area (TPSA) is 67.4 Å². The van der Waals surface area contributed by atoms with E-state index in [2.05, 4.69) is 19.6 Å². The number of hydrogen-bond acceptors (Lipinski definition) is 6. The molecule has 21 heavy (non-hydrogen) atoms. The maximum absolute atomic E-state index is 11.8. The number of amides is 1. The zero-order valence-corrected chi connectivity index (χ0v) is 14.2. The lowest BCUT2D eigenvalue weighted by molar-refractivity contribution is 0.0523. The molecular weight excluding hydrogens is 288 g/mol. The van der Waals surface area contributed by atoms with Gasteiger partial charge in [0.2, 0.25) is 5.13 Å². The van der Waals surface area contributed by atoms with Crippen LogP contribution in [-0.2, 0) is 4.74 Å². The molecule has 7 heteroatoms. The summed E-state index contributed by atoms with van der Waals surface area (Å²) in [6.07, 6.45) is 2.03. The number of nitrogens with one attached hydrogen (secondary N) is 1. The predicted octanol–water partition coefficient (Wildman–Crippen LogP) is 2.59. The van der Waals surface area contributed by atoms with Crippen molar-refractivity contribution in [3.8, 4) is 0 Å². The van der Waals surface area contributed by atoms with Gasteiger partial charge >= 0.3 is 6.09 Å². The van der Waals surface area contributed by atoms with Crippen molar-refractivity contribution in [1.82, 2.24) is 14.7 Å². The van der Waals surface area contributed by atoms with Crippen LogP contribution in [0.4, 0.5) is 9.93 Å². The highest BCUT2D eigenvalue weighted by Gasteiger charge is 2.35. The Kier molecular flexibility index (Phi) is 4.70. The van der Waals surface area contributed by atoms with Crippen LogP contribution < -0.4 is 10.2 Å². The quantitative estimate of drug-likeness (QED) is 0.905. The lowest BCUT2D eigenvalue weighted by Crippen LogP contribution is -2.45. The zero-order valence-electron chi connectivity index (χ0n) is 13.3. The number of aromatic nitrogens is 2. The Morgan fingerprint density at radius 1 is 1.52 bits per heavy atom. The molecule has 1 aliphatic rings. The lowest BCUT2D eigenvalue weighted by atomic mass is 10.1. The van der Waals surface area contributed by atoms with Gasteiger partial charge in [-0.2, -0.15) is 4.37 Å². The molecule has 0 aromatic carbocycles. The first-order valence-electron chi connectivity index (χ1n) is 7.26. The molecule has 1 N–H and O–H groups in total. The Labute approximate surface area is 130 Å². The molecule has 1 aromatic rings. The van der Waals surface area contributed by atoms with Crippen molar-refractivity contribution >= 4 is 22.8 Å². The highest BCUT2D eigenvalue weighted by molar-refractivity contribution is 7.09. The van der Waals surface area contributed by atoms with Gasteiger partial charge in [0.1, 0.15) is 11.4 Å². The van der Waals surface area contributed by atoms with Crippen molar-refractivity contribution < 1.29 is 9.53 Å². The van der Waals surface area contributed by atoms with E-state index < -0.39 is 5.60 Å². The van der Waals surface area contributed by atoms with E-state index in [0.717, 1.165) is 11.0 Å². The number of ether oxygens (including phenoxy) is 1. The van der Waals surface area contributed by atoms with Crippen molar-refractivity contribution in [3.63, 3.8) is 0 Å². The number of carbonyl (C=O) groups is 1. The number of anilines is 1. The highest BCUT2D eigenvalue weighted by atomic mass is 32.1. The molecule has 6 nitrogen and oxygen atoms in total. The molecular formula is C14H24N4O2S. The summed E-state index contributed by atoms with van der Waals surface area (Å²) < 4.78 is 9.50. The molecule has 1 aliphatic carbocycles. The molecule has 1 saturated carbocycles. The fraction of sp³-hybridized carbons (Fsp3) is 0.786. The molecule has 0 bridgehead atoms. The summed E-state index contributed by atoms with van der Waals surface area (Å²) in [5.41, 5.74) is -0.471. The van der Waals surface area contributed by atoms with Gasteiger partial charge in [-0.15, -0.1) is 0 Å². The first-order valence-corrected chi connectivity index (χ1v) is 8.03. The fourth-order valence-corrected chi connectivity index (χ4v) is 2.87. The second-order valence-electron chi connectivity index (χ2n) is 6.52. The molecule has 1 aromatic heterocycles. The monoisotopic (exact) mass is 312 g/mol. The van der Waals surface area contributed by atoms with Crippen LogP contribution in [0.2, 0.25) is 0 Å². The number of rotatable bonds is 5. The van der Waals surface area contributed by atoms with Gasteiger partial charge in [0, 0.05) is 25.1 Å². The maximum atomic E-state index is 11.8. The molecule has 0 aliphatic heterocycles. The molecule has 1 atom stereocenters. The smallest absolute Gasteiger partial charge is 0.407 e. The van der Waals surface area contributed by atoms with Crippen LogP contribution in [0.1, 0.15) is 39.4 Å². The molecule has 1 heterocycles. The van der Waals surface area contributed by atoms with Crippen molar-refractivity contribution in [1.29, 1.82) is 0 Å². The summed E-state index contributed by atoms with van der Waals surface area (Å²) in [7, 11) is 2.01. The Morgan fingerprint density at radius 2 is 2.19 bits per heavy atom. The first-order chi connectivity index (χ1) is 9.76. The van der Waals surface area contributed by atoms with Gasteiger partial charge in [0.25, 0.3) is 0 Å². The van der Waals surface area contributed by atoms with Gasteiger partial charge in [0.15, 0.2) is 0 Å². The maximum Gasteiger partial charge on any atom is 0.407 e. The van der Waals surface area contributed by atoms with Crippen LogP contribution in [-0.4, -0.2) is 40.7 Å². The number of likely N-dealkylation sites (N-methyl/N-ethyl adjacent to an activating group) is 1. The number of nitrogens with zero attached hydrogens (tertiary/aromatic N) is 3. The van der Waals surface area contributed by atoms with E-state index in [-0.39, 0.29) is 12.1 Å². The van der Waals surface area contributed by atoms with E-state index in [0.29, 0.717) is 12.5 Å². The Bertz CT molecular complexity index is 493. The van der Waals surface area contributed by atoms with Crippen molar-refractivity contribution in [2.45, 2.75) is 52.2 Å². The predicted molar refractivity (Wildman–Crippen MR) is 83.8 cm³/mol. The van der Waals surface area contributed by atoms with E-state index >= 15 is 0 Å². The standard InChI is InChI=1S/C14H24N4O2S/c1-9-16-12(21-17-9)18(5)11(10-6-7-10)8-15-13(19)20-14(2,3)4/h10-11H,6-8H2,1-5H3,(H,15,19)/t11-/m0/s1. The van der Waals surface area contributed by atoms with E-state index in [1.807, 2.05) is 34.7 Å². The van der Waals surface area contributed by atoms with E-state index in [1.54, 1.807) is 0 Å². The Balaban J connectivity index is 1.92. The van der Waals surface area contributed by atoms with Gasteiger partial charge in [-0.25, -0.2) is 9.78 Å². The number of carbonyl (C=O) groups excluding carboxylic acids is 1. The molecule has 0 saturated heterocycles. The Morgan fingerprint density at radius 3 is 2.67 bits per heavy atom. The van der Waals surface area contributed by atoms with Crippen molar-refractivity contribution in [3.05, 3.63) is 5.82 Å². The number of alkyl carbamates (subject to hydrolysis) is 1. The second kappa shape index (κ2) is 6.17. The van der Waals surface area contributed by atoms with Crippen LogP contribution in [0.15, 0.2) is 0 Å². The van der Waals surface area contributed by atoms with Crippen LogP contribution in [0.5, 0.6) is 0 Å². The SMILES string of the molecule is Cc1nsc(N(C)[C@@H](CNC(=O)OC(C)(C)C)C2CC2)n1. The fourth-order valence-electron chi connectivity index (χ4n) is 2.17. The minimum atomic E-state index is -0.471. The largest absolute Gasteiger partial charge is 0.444 e. The lowest BCUT2D eigenvalue weighted by Gasteiger charge is -2.28. The third-order valence-electron chi connectivity index (χ3n) is 3.34. The van der Waals surface area contributed by atoms with Crippen LogP contribution in [0, 0.1) is 12.8 Å². The zero-order chi connectivity index (χ0) is 15.6. The molecule has 0 unspecified atom stereocenters. The van der Waals surface area contributed by atoms with Gasteiger partial charge in [-0.3, -0.25) is 0 Å². The normalized spacial score (nSPS) is 16.4. The molecule has 2 rings (SSSR count). The van der Waals surface area contributed by atoms with Crippen LogP contribution in [0.3, 0.4) is 0 Å². The summed E-state index contributed by atoms with van der Waals surface area (Å²) in [5.74, 6) is 1.39. The van der Waals surface area contributed by atoms with Gasteiger partial charge < -0.3 is 15.0 Å². The third kappa shape index (κ3) is 4.84. The number of hydrogen-bond donors (Lipinski definition) is 1. The average Bonchev–Trinajstić information content (AvgIpc) is 3.08. The Hall–Kier alpha value is -1.37. The van der Waals surface area contributed by atoms with Gasteiger partial charge in [0.05, 0.1) is 6.04 Å². The minimum absolute atomic E-state index is 0.241. The van der Waals surface area contributed by atoms with E-state index in [4.69, 9.17) is 4.74 Å². The second-order valence-corrected chi connectivity index (χ2v) is 7.25. The highest BCUT2D eigenvalue weighted by Crippen LogP contribution is 2.36. The summed E-state index contributed by atoms with van der Waals surface area (Å²) in [6, 6.07) is 0.241. The van der Waals surface area contributed by atoms with Gasteiger partial charge in [-0.05, 0) is 46.5 Å². The summed E-state index contributed by atoms with van der Waals surface area (Å²) in [6.45, 7) is 8.04. The van der Waals surface area contributed by atoms with E-state index in [9.17, 15) is 4.79 Å². The summed E-state index contributed by atoms with van der Waals surface area (Å²) in [5, 5.41) is 3.77. The number of aryl methyl sites for hydroxylation is 1. The third-order valence-corrected chi connectivity index (χ3v) is 4.23. The summed E-state index contributed by atoms with van der Waals surface area (Å²) in [4.78, 5) is 18.3. The molecule has 1 amide bonds. The van der Waals surface area contributed by atoms with Crippen molar-refractivity contribution in [2.75, 3.05) is 18.5 Å². The molecule has 1 fully saturated rings. The minimum Gasteiger partial charge on any atom is -0.444 e. The van der Waals surface area contributed by atoms with Crippen LogP contribution >= 0.6 is 11.5 Å². The first kappa shape index (κ1) is 16.0. The molecule has 0 spiro atoms.